The zero-order valence-corrected chi connectivity index (χ0v) is 17.4. The number of benzene rings is 2. The first kappa shape index (κ1) is 20.2. The van der Waals surface area contributed by atoms with Gasteiger partial charge in [0.1, 0.15) is 5.75 Å². The summed E-state index contributed by atoms with van der Waals surface area (Å²) in [5.74, 6) is 1.14. The summed E-state index contributed by atoms with van der Waals surface area (Å²) in [5.41, 5.74) is 1.40. The van der Waals surface area contributed by atoms with Crippen LogP contribution in [0, 0.1) is 0 Å². The van der Waals surface area contributed by atoms with Crippen LogP contribution in [0.25, 0.3) is 5.69 Å². The quantitative estimate of drug-likeness (QED) is 0.579. The molecule has 0 fully saturated rings. The minimum Gasteiger partial charge on any atom is -0.497 e. The van der Waals surface area contributed by atoms with E-state index in [9.17, 15) is 4.79 Å². The Balaban J connectivity index is 1.83. The van der Waals surface area contributed by atoms with Gasteiger partial charge in [0.25, 0.3) is 5.91 Å². The van der Waals surface area contributed by atoms with Gasteiger partial charge in [-0.25, -0.2) is 0 Å². The number of ether oxygens (including phenoxy) is 1. The minimum absolute atomic E-state index is 0.193. The average molecular weight is 417 g/mol. The smallest absolute Gasteiger partial charge is 0.251 e. The molecule has 1 amide bonds. The molecular formula is C20H21ClN4O2S. The second-order valence-corrected chi connectivity index (χ2v) is 8.27. The third-order valence-corrected chi connectivity index (χ3v) is 5.05. The average Bonchev–Trinajstić information content (AvgIpc) is 3.08. The maximum Gasteiger partial charge on any atom is 0.251 e. The molecule has 0 saturated carbocycles. The fourth-order valence-electron chi connectivity index (χ4n) is 2.58. The number of amides is 1. The predicted molar refractivity (Wildman–Crippen MR) is 112 cm³/mol. The summed E-state index contributed by atoms with van der Waals surface area (Å²) in [7, 11) is 1.59. The van der Waals surface area contributed by atoms with Crippen molar-refractivity contribution in [3.05, 3.63) is 64.9 Å². The van der Waals surface area contributed by atoms with Crippen molar-refractivity contribution in [3.8, 4) is 11.4 Å². The van der Waals surface area contributed by atoms with E-state index in [1.165, 1.54) is 0 Å². The van der Waals surface area contributed by atoms with E-state index in [0.717, 1.165) is 10.8 Å². The van der Waals surface area contributed by atoms with Gasteiger partial charge in [-0.1, -0.05) is 43.3 Å². The molecule has 3 rings (SSSR count). The van der Waals surface area contributed by atoms with Crippen LogP contribution < -0.4 is 10.1 Å². The van der Waals surface area contributed by atoms with Crippen LogP contribution in [0.3, 0.4) is 0 Å². The standard InChI is InChI=1S/C20H21ClN4O2S/c1-13(2)28-20-24-23-18(25(20)16-6-4-5-15(21)11-16)12-22-19(26)14-7-9-17(27-3)10-8-14/h4-11,13H,12H2,1-3H3,(H,22,26). The predicted octanol–water partition coefficient (Wildman–Crippen LogP) is 4.36. The Morgan fingerprint density at radius 1 is 1.21 bits per heavy atom. The highest BCUT2D eigenvalue weighted by Gasteiger charge is 2.17. The number of rotatable bonds is 7. The molecule has 6 nitrogen and oxygen atoms in total. The van der Waals surface area contributed by atoms with E-state index in [4.69, 9.17) is 16.3 Å². The molecule has 1 aromatic heterocycles. The highest BCUT2D eigenvalue weighted by Crippen LogP contribution is 2.26. The molecule has 1 heterocycles. The Kier molecular flexibility index (Phi) is 6.59. The normalized spacial score (nSPS) is 10.9. The SMILES string of the molecule is COc1ccc(C(=O)NCc2nnc(SC(C)C)n2-c2cccc(Cl)c2)cc1. The number of hydrogen-bond acceptors (Lipinski definition) is 5. The van der Waals surface area contributed by atoms with Crippen molar-refractivity contribution in [1.29, 1.82) is 0 Å². The van der Waals surface area contributed by atoms with Gasteiger partial charge in [-0.3, -0.25) is 9.36 Å². The van der Waals surface area contributed by atoms with Gasteiger partial charge in [0, 0.05) is 15.8 Å². The molecule has 0 saturated heterocycles. The molecule has 0 radical (unpaired) electrons. The molecule has 0 aliphatic heterocycles. The largest absolute Gasteiger partial charge is 0.497 e. The number of halogens is 1. The van der Waals surface area contributed by atoms with E-state index < -0.39 is 0 Å². The Morgan fingerprint density at radius 3 is 2.61 bits per heavy atom. The van der Waals surface area contributed by atoms with Crippen LogP contribution in [-0.2, 0) is 6.54 Å². The fourth-order valence-corrected chi connectivity index (χ4v) is 3.59. The number of carbonyl (C=O) groups is 1. The zero-order valence-electron chi connectivity index (χ0n) is 15.8. The van der Waals surface area contributed by atoms with Gasteiger partial charge in [0.15, 0.2) is 11.0 Å². The first-order valence-corrected chi connectivity index (χ1v) is 10.0. The zero-order chi connectivity index (χ0) is 20.1. The molecule has 0 aliphatic rings. The lowest BCUT2D eigenvalue weighted by Gasteiger charge is -2.12. The van der Waals surface area contributed by atoms with E-state index >= 15 is 0 Å². The Hall–Kier alpha value is -2.51. The van der Waals surface area contributed by atoms with Crippen LogP contribution in [0.4, 0.5) is 0 Å². The second-order valence-electron chi connectivity index (χ2n) is 6.29. The number of aromatic nitrogens is 3. The summed E-state index contributed by atoms with van der Waals surface area (Å²) in [5, 5.41) is 13.2. The molecule has 0 aliphatic carbocycles. The van der Waals surface area contributed by atoms with Gasteiger partial charge in [0.2, 0.25) is 0 Å². The van der Waals surface area contributed by atoms with E-state index in [0.29, 0.717) is 27.4 Å². The van der Waals surface area contributed by atoms with E-state index in [2.05, 4.69) is 29.4 Å². The van der Waals surface area contributed by atoms with Crippen molar-refractivity contribution in [2.75, 3.05) is 7.11 Å². The lowest BCUT2D eigenvalue weighted by atomic mass is 10.2. The summed E-state index contributed by atoms with van der Waals surface area (Å²) < 4.78 is 7.04. The molecule has 0 spiro atoms. The molecular weight excluding hydrogens is 396 g/mol. The molecule has 0 bridgehead atoms. The van der Waals surface area contributed by atoms with Crippen LogP contribution in [-0.4, -0.2) is 33.0 Å². The van der Waals surface area contributed by atoms with Crippen LogP contribution in [0.5, 0.6) is 5.75 Å². The van der Waals surface area contributed by atoms with Gasteiger partial charge < -0.3 is 10.1 Å². The monoisotopic (exact) mass is 416 g/mol. The number of carbonyl (C=O) groups excluding carboxylic acids is 1. The van der Waals surface area contributed by atoms with Crippen molar-refractivity contribution in [2.24, 2.45) is 0 Å². The molecule has 1 N–H and O–H groups in total. The number of methoxy groups -OCH3 is 1. The maximum atomic E-state index is 12.5. The van der Waals surface area contributed by atoms with Crippen molar-refractivity contribution in [2.45, 2.75) is 30.8 Å². The van der Waals surface area contributed by atoms with Gasteiger partial charge in [-0.2, -0.15) is 0 Å². The maximum absolute atomic E-state index is 12.5. The van der Waals surface area contributed by atoms with E-state index in [1.54, 1.807) is 43.1 Å². The van der Waals surface area contributed by atoms with Crippen molar-refractivity contribution < 1.29 is 9.53 Å². The lowest BCUT2D eigenvalue weighted by molar-refractivity contribution is 0.0949. The van der Waals surface area contributed by atoms with E-state index in [-0.39, 0.29) is 12.5 Å². The third kappa shape index (κ3) is 4.85. The molecule has 3 aromatic rings. The van der Waals surface area contributed by atoms with Crippen molar-refractivity contribution >= 4 is 29.3 Å². The fraction of sp³-hybridized carbons (Fsp3) is 0.250. The molecule has 8 heteroatoms. The van der Waals surface area contributed by atoms with Crippen LogP contribution in [0.1, 0.15) is 30.0 Å². The number of hydrogen-bond donors (Lipinski definition) is 1. The molecule has 2 aromatic carbocycles. The number of thioether (sulfide) groups is 1. The summed E-state index contributed by atoms with van der Waals surface area (Å²) in [6, 6.07) is 14.4. The van der Waals surface area contributed by atoms with Gasteiger partial charge in [-0.15, -0.1) is 10.2 Å². The highest BCUT2D eigenvalue weighted by atomic mass is 35.5. The van der Waals surface area contributed by atoms with Crippen molar-refractivity contribution in [1.82, 2.24) is 20.1 Å². The summed E-state index contributed by atoms with van der Waals surface area (Å²) >= 11 is 7.76. The number of nitrogens with zero attached hydrogens (tertiary/aromatic N) is 3. The van der Waals surface area contributed by atoms with Gasteiger partial charge in [-0.05, 0) is 42.5 Å². The Labute approximate surface area is 173 Å². The third-order valence-electron chi connectivity index (χ3n) is 3.87. The second kappa shape index (κ2) is 9.12. The minimum atomic E-state index is -0.193. The first-order valence-electron chi connectivity index (χ1n) is 8.77. The van der Waals surface area contributed by atoms with Crippen LogP contribution in [0.2, 0.25) is 5.02 Å². The number of nitrogens with one attached hydrogen (secondary N) is 1. The summed E-state index contributed by atoms with van der Waals surface area (Å²) in [6.45, 7) is 4.42. The molecule has 28 heavy (non-hydrogen) atoms. The summed E-state index contributed by atoms with van der Waals surface area (Å²) in [4.78, 5) is 12.5. The molecule has 0 unspecified atom stereocenters. The first-order chi connectivity index (χ1) is 13.5. The summed E-state index contributed by atoms with van der Waals surface area (Å²) in [6.07, 6.45) is 0. The van der Waals surface area contributed by atoms with Gasteiger partial charge in [0.05, 0.1) is 19.3 Å². The Bertz CT molecular complexity index is 957. The van der Waals surface area contributed by atoms with Crippen LogP contribution in [0.15, 0.2) is 53.7 Å². The topological polar surface area (TPSA) is 69.0 Å². The molecule has 0 atom stereocenters. The molecule has 146 valence electrons. The highest BCUT2D eigenvalue weighted by molar-refractivity contribution is 7.99. The lowest BCUT2D eigenvalue weighted by Crippen LogP contribution is -2.24. The Morgan fingerprint density at radius 2 is 1.96 bits per heavy atom. The van der Waals surface area contributed by atoms with Gasteiger partial charge >= 0.3 is 0 Å². The van der Waals surface area contributed by atoms with Crippen molar-refractivity contribution in [3.63, 3.8) is 0 Å². The van der Waals surface area contributed by atoms with E-state index in [1.807, 2.05) is 28.8 Å². The van der Waals surface area contributed by atoms with Crippen LogP contribution >= 0.6 is 23.4 Å².